The summed E-state index contributed by atoms with van der Waals surface area (Å²) in [6.07, 6.45) is -0.568. The maximum Gasteiger partial charge on any atom is 0.254 e. The normalized spacial score (nSPS) is 16.0. The fraction of sp³-hybridized carbons (Fsp3) is 0.381. The zero-order valence-electron chi connectivity index (χ0n) is 15.6. The summed E-state index contributed by atoms with van der Waals surface area (Å²) in [5.74, 6) is 1.37. The van der Waals surface area contributed by atoms with Crippen LogP contribution in [-0.2, 0) is 0 Å². The van der Waals surface area contributed by atoms with Gasteiger partial charge in [-0.3, -0.25) is 4.79 Å². The fourth-order valence-electron chi connectivity index (χ4n) is 3.31. The minimum Gasteiger partial charge on any atom is -0.493 e. The largest absolute Gasteiger partial charge is 0.493 e. The van der Waals surface area contributed by atoms with Gasteiger partial charge in [0.15, 0.2) is 11.5 Å². The van der Waals surface area contributed by atoms with E-state index in [0.29, 0.717) is 31.1 Å². The van der Waals surface area contributed by atoms with Gasteiger partial charge < -0.3 is 24.4 Å². The molecule has 1 saturated heterocycles. The number of piperazine rings is 1. The lowest BCUT2D eigenvalue weighted by Gasteiger charge is -2.33. The van der Waals surface area contributed by atoms with Gasteiger partial charge in [0.05, 0.1) is 33.3 Å². The molecule has 1 atom stereocenters. The average Bonchev–Trinajstić information content (AvgIpc) is 2.73. The van der Waals surface area contributed by atoms with Crippen molar-refractivity contribution in [3.05, 3.63) is 60.2 Å². The van der Waals surface area contributed by atoms with Gasteiger partial charge in [-0.05, 0) is 24.3 Å². The van der Waals surface area contributed by atoms with Crippen LogP contribution in [0.3, 0.4) is 0 Å². The number of benzene rings is 2. The molecule has 0 aromatic heterocycles. The number of aliphatic hydroxyl groups is 1. The number of nitrogens with zero attached hydrogens (tertiary/aromatic N) is 1. The second kappa shape index (κ2) is 9.39. The van der Waals surface area contributed by atoms with Gasteiger partial charge in [-0.25, -0.2) is 0 Å². The summed E-state index contributed by atoms with van der Waals surface area (Å²) in [6.45, 7) is 3.86. The van der Waals surface area contributed by atoms with Crippen molar-refractivity contribution in [3.63, 3.8) is 0 Å². The van der Waals surface area contributed by atoms with Crippen LogP contribution in [0.25, 0.3) is 0 Å². The van der Waals surface area contributed by atoms with Crippen LogP contribution < -0.4 is 14.4 Å². The van der Waals surface area contributed by atoms with Gasteiger partial charge in [-0.1, -0.05) is 30.3 Å². The Labute approximate surface area is 159 Å². The molecule has 1 amide bonds. The molecule has 1 heterocycles. The van der Waals surface area contributed by atoms with Gasteiger partial charge in [-0.2, -0.15) is 0 Å². The number of carbonyl (C=O) groups is 1. The van der Waals surface area contributed by atoms with E-state index in [4.69, 9.17) is 9.47 Å². The number of hydrogen-bond acceptors (Lipinski definition) is 4. The van der Waals surface area contributed by atoms with Crippen LogP contribution in [-0.4, -0.2) is 68.5 Å². The molecule has 0 aliphatic carbocycles. The molecule has 1 aliphatic heterocycles. The summed E-state index contributed by atoms with van der Waals surface area (Å²) in [5.41, 5.74) is 0.728. The lowest BCUT2D eigenvalue weighted by atomic mass is 10.2. The number of aliphatic hydroxyl groups excluding tert-OH is 1. The van der Waals surface area contributed by atoms with Crippen LogP contribution in [0.4, 0.5) is 0 Å². The van der Waals surface area contributed by atoms with E-state index in [9.17, 15) is 9.90 Å². The molecule has 6 heteroatoms. The van der Waals surface area contributed by atoms with Crippen molar-refractivity contribution >= 4 is 5.91 Å². The molecule has 0 radical (unpaired) electrons. The molecule has 6 nitrogen and oxygen atoms in total. The Bertz CT molecular complexity index is 730. The second-order valence-corrected chi connectivity index (χ2v) is 6.73. The van der Waals surface area contributed by atoms with Crippen LogP contribution in [0.1, 0.15) is 10.4 Å². The Morgan fingerprint density at radius 3 is 2.37 bits per heavy atom. The summed E-state index contributed by atoms with van der Waals surface area (Å²) >= 11 is 0. The Morgan fingerprint density at radius 1 is 1.07 bits per heavy atom. The lowest BCUT2D eigenvalue weighted by Crippen LogP contribution is -3.16. The van der Waals surface area contributed by atoms with Crippen molar-refractivity contribution in [2.75, 3.05) is 46.4 Å². The maximum absolute atomic E-state index is 12.5. The number of hydrogen-bond donors (Lipinski definition) is 2. The van der Waals surface area contributed by atoms with E-state index in [0.717, 1.165) is 18.7 Å². The first-order chi connectivity index (χ1) is 13.2. The Kier molecular flexibility index (Phi) is 6.68. The summed E-state index contributed by atoms with van der Waals surface area (Å²) in [5, 5.41) is 10.3. The SMILES string of the molecule is COc1ccccc1OC[C@@H](O)C[NH+]1CCN(C(=O)c2ccccc2)CC1. The van der Waals surface area contributed by atoms with Crippen LogP contribution in [0.2, 0.25) is 0 Å². The quantitative estimate of drug-likeness (QED) is 0.743. The monoisotopic (exact) mass is 371 g/mol. The topological polar surface area (TPSA) is 63.4 Å². The second-order valence-electron chi connectivity index (χ2n) is 6.73. The number of nitrogens with one attached hydrogen (secondary N) is 1. The maximum atomic E-state index is 12.5. The van der Waals surface area contributed by atoms with E-state index >= 15 is 0 Å². The molecule has 0 unspecified atom stereocenters. The van der Waals surface area contributed by atoms with Gasteiger partial charge in [-0.15, -0.1) is 0 Å². The summed E-state index contributed by atoms with van der Waals surface area (Å²) in [4.78, 5) is 15.7. The lowest BCUT2D eigenvalue weighted by molar-refractivity contribution is -0.907. The van der Waals surface area contributed by atoms with Crippen molar-refractivity contribution in [3.8, 4) is 11.5 Å². The van der Waals surface area contributed by atoms with Crippen LogP contribution in [0.5, 0.6) is 11.5 Å². The standard InChI is InChI=1S/C21H26N2O4/c1-26-19-9-5-6-10-20(19)27-16-18(24)15-22-11-13-23(14-12-22)21(25)17-7-3-2-4-8-17/h2-10,18,24H,11-16H2,1H3/p+1/t18-/m0/s1. The van der Waals surface area contributed by atoms with Crippen LogP contribution in [0.15, 0.2) is 54.6 Å². The van der Waals surface area contributed by atoms with Gasteiger partial charge in [0.1, 0.15) is 19.3 Å². The van der Waals surface area contributed by atoms with Crippen molar-refractivity contribution < 1.29 is 24.3 Å². The predicted octanol–water partition coefficient (Wildman–Crippen LogP) is 0.476. The zero-order valence-corrected chi connectivity index (χ0v) is 15.6. The zero-order chi connectivity index (χ0) is 19.1. The van der Waals surface area contributed by atoms with Crippen molar-refractivity contribution in [1.82, 2.24) is 4.90 Å². The fourth-order valence-corrected chi connectivity index (χ4v) is 3.31. The molecule has 2 N–H and O–H groups in total. The third-order valence-electron chi connectivity index (χ3n) is 4.80. The van der Waals surface area contributed by atoms with Gasteiger partial charge in [0, 0.05) is 5.56 Å². The minimum atomic E-state index is -0.568. The molecule has 2 aromatic carbocycles. The van der Waals surface area contributed by atoms with E-state index in [-0.39, 0.29) is 12.5 Å². The first-order valence-electron chi connectivity index (χ1n) is 9.29. The smallest absolute Gasteiger partial charge is 0.254 e. The van der Waals surface area contributed by atoms with Gasteiger partial charge in [0.25, 0.3) is 5.91 Å². The van der Waals surface area contributed by atoms with E-state index < -0.39 is 6.10 Å². The molecular weight excluding hydrogens is 344 g/mol. The Morgan fingerprint density at radius 2 is 1.70 bits per heavy atom. The predicted molar refractivity (Wildman–Crippen MR) is 102 cm³/mol. The molecule has 1 fully saturated rings. The van der Waals surface area contributed by atoms with Crippen molar-refractivity contribution in [2.24, 2.45) is 0 Å². The Balaban J connectivity index is 1.43. The number of carbonyl (C=O) groups excluding carboxylic acids is 1. The van der Waals surface area contributed by atoms with Crippen molar-refractivity contribution in [1.29, 1.82) is 0 Å². The number of amides is 1. The highest BCUT2D eigenvalue weighted by atomic mass is 16.5. The number of ether oxygens (including phenoxy) is 2. The third-order valence-corrected chi connectivity index (χ3v) is 4.80. The molecule has 0 saturated carbocycles. The molecular formula is C21H27N2O4+. The van der Waals surface area contributed by atoms with E-state index in [1.54, 1.807) is 7.11 Å². The van der Waals surface area contributed by atoms with Gasteiger partial charge >= 0.3 is 0 Å². The molecule has 144 valence electrons. The van der Waals surface area contributed by atoms with Crippen LogP contribution in [0, 0.1) is 0 Å². The van der Waals surface area contributed by atoms with Gasteiger partial charge in [0.2, 0.25) is 0 Å². The summed E-state index contributed by atoms with van der Waals surface area (Å²) in [7, 11) is 1.60. The van der Waals surface area contributed by atoms with Crippen LogP contribution >= 0.6 is 0 Å². The number of quaternary nitrogens is 1. The number of para-hydroxylation sites is 2. The summed E-state index contributed by atoms with van der Waals surface area (Å²) < 4.78 is 10.9. The molecule has 3 rings (SSSR count). The summed E-state index contributed by atoms with van der Waals surface area (Å²) in [6, 6.07) is 16.8. The highest BCUT2D eigenvalue weighted by Gasteiger charge is 2.26. The number of methoxy groups -OCH3 is 1. The first-order valence-corrected chi connectivity index (χ1v) is 9.29. The van der Waals surface area contributed by atoms with Crippen molar-refractivity contribution in [2.45, 2.75) is 6.10 Å². The average molecular weight is 371 g/mol. The Hall–Kier alpha value is -2.57. The number of rotatable bonds is 7. The first kappa shape index (κ1) is 19.2. The molecule has 2 aromatic rings. The minimum absolute atomic E-state index is 0.0784. The highest BCUT2D eigenvalue weighted by molar-refractivity contribution is 5.94. The molecule has 1 aliphatic rings. The molecule has 0 spiro atoms. The van der Waals surface area contributed by atoms with E-state index in [2.05, 4.69) is 0 Å². The van der Waals surface area contributed by atoms with E-state index in [1.165, 1.54) is 4.90 Å². The van der Waals surface area contributed by atoms with E-state index in [1.807, 2.05) is 59.5 Å². The highest BCUT2D eigenvalue weighted by Crippen LogP contribution is 2.25. The molecule has 0 bridgehead atoms. The third kappa shape index (κ3) is 5.21. The molecule has 27 heavy (non-hydrogen) atoms.